The number of H-pyrrole nitrogens is 1. The number of hydrogen-bond acceptors (Lipinski definition) is 4. The molecule has 0 atom stereocenters. The number of hydrogen-bond donors (Lipinski definition) is 2. The van der Waals surface area contributed by atoms with E-state index in [1.807, 2.05) is 28.3 Å². The largest absolute Gasteiger partial charge is 0.478 e. The first-order chi connectivity index (χ1) is 13.1. The fourth-order valence-electron chi connectivity index (χ4n) is 2.79. The summed E-state index contributed by atoms with van der Waals surface area (Å²) in [5.41, 5.74) is 2.15. The number of carboxylic acid groups (broad SMARTS) is 1. The lowest BCUT2D eigenvalue weighted by Crippen LogP contribution is -2.17. The molecule has 0 fully saturated rings. The molecule has 2 N–H and O–H groups in total. The fraction of sp³-hybridized carbons (Fsp3) is 0.0526. The Hall–Kier alpha value is -3.52. The number of amides is 1. The smallest absolute Gasteiger partial charge is 0.335 e. The van der Waals surface area contributed by atoms with Crippen molar-refractivity contribution in [1.82, 2.24) is 14.5 Å². The molecule has 4 rings (SSSR count). The minimum Gasteiger partial charge on any atom is -0.478 e. The van der Waals surface area contributed by atoms with E-state index in [1.54, 1.807) is 36.7 Å². The van der Waals surface area contributed by atoms with E-state index in [0.717, 1.165) is 10.9 Å². The highest BCUT2D eigenvalue weighted by Gasteiger charge is 2.12. The summed E-state index contributed by atoms with van der Waals surface area (Å²) in [5, 5.41) is 11.7. The Morgan fingerprint density at radius 3 is 3.00 bits per heavy atom. The van der Waals surface area contributed by atoms with Crippen LogP contribution in [0.2, 0.25) is 0 Å². The lowest BCUT2D eigenvalue weighted by Gasteiger charge is -2.04. The molecule has 1 aromatic carbocycles. The molecule has 134 valence electrons. The topological polar surface area (TPSA) is 100 Å². The van der Waals surface area contributed by atoms with Gasteiger partial charge >= 0.3 is 5.97 Å². The van der Waals surface area contributed by atoms with Crippen molar-refractivity contribution >= 4 is 34.2 Å². The Labute approximate surface area is 157 Å². The molecule has 8 heteroatoms. The summed E-state index contributed by atoms with van der Waals surface area (Å²) in [7, 11) is 0. The Morgan fingerprint density at radius 1 is 1.26 bits per heavy atom. The van der Waals surface area contributed by atoms with E-state index in [4.69, 9.17) is 5.11 Å². The second kappa shape index (κ2) is 7.00. The highest BCUT2D eigenvalue weighted by Crippen LogP contribution is 2.16. The molecule has 27 heavy (non-hydrogen) atoms. The minimum absolute atomic E-state index is 0.226. The van der Waals surface area contributed by atoms with Crippen LogP contribution in [0.4, 0.5) is 0 Å². The van der Waals surface area contributed by atoms with Crippen LogP contribution >= 0.6 is 11.3 Å². The van der Waals surface area contributed by atoms with Crippen LogP contribution in [0.1, 0.15) is 26.3 Å². The number of aromatic amines is 1. The van der Waals surface area contributed by atoms with Crippen molar-refractivity contribution in [2.45, 2.75) is 6.54 Å². The monoisotopic (exact) mass is 378 g/mol. The van der Waals surface area contributed by atoms with Gasteiger partial charge in [0.25, 0.3) is 5.91 Å². The van der Waals surface area contributed by atoms with Gasteiger partial charge in [0.15, 0.2) is 4.80 Å². The van der Waals surface area contributed by atoms with Crippen molar-refractivity contribution < 1.29 is 14.7 Å². The van der Waals surface area contributed by atoms with E-state index in [2.05, 4.69) is 15.0 Å². The van der Waals surface area contributed by atoms with Gasteiger partial charge in [0.05, 0.1) is 11.1 Å². The van der Waals surface area contributed by atoms with Gasteiger partial charge < -0.3 is 14.7 Å². The molecule has 1 amide bonds. The van der Waals surface area contributed by atoms with Gasteiger partial charge in [-0.05, 0) is 29.8 Å². The molecule has 0 bridgehead atoms. The Balaban J connectivity index is 1.66. The zero-order chi connectivity index (χ0) is 18.8. The van der Waals surface area contributed by atoms with Crippen LogP contribution in [0.3, 0.4) is 0 Å². The third kappa shape index (κ3) is 3.42. The molecule has 0 saturated heterocycles. The van der Waals surface area contributed by atoms with Crippen molar-refractivity contribution in [3.63, 3.8) is 0 Å². The van der Waals surface area contributed by atoms with Gasteiger partial charge in [-0.3, -0.25) is 4.79 Å². The van der Waals surface area contributed by atoms with Crippen LogP contribution in [0.15, 0.2) is 65.4 Å². The average Bonchev–Trinajstić information content (AvgIpc) is 3.29. The number of nitrogens with zero attached hydrogens (tertiary/aromatic N) is 3. The van der Waals surface area contributed by atoms with Crippen LogP contribution in [0.25, 0.3) is 11.0 Å². The zero-order valence-corrected chi connectivity index (χ0v) is 14.8. The van der Waals surface area contributed by atoms with Crippen LogP contribution < -0.4 is 4.80 Å². The molecule has 3 heterocycles. The van der Waals surface area contributed by atoms with E-state index < -0.39 is 5.97 Å². The van der Waals surface area contributed by atoms with Crippen molar-refractivity contribution in [3.8, 4) is 0 Å². The van der Waals surface area contributed by atoms with E-state index in [0.29, 0.717) is 22.6 Å². The van der Waals surface area contributed by atoms with Crippen molar-refractivity contribution in [1.29, 1.82) is 0 Å². The fourth-order valence-corrected chi connectivity index (χ4v) is 3.51. The number of aromatic carboxylic acids is 1. The molecule has 4 aromatic rings. The average molecular weight is 378 g/mol. The summed E-state index contributed by atoms with van der Waals surface area (Å²) in [6.45, 7) is 0.423. The van der Waals surface area contributed by atoms with Gasteiger partial charge in [0.1, 0.15) is 5.65 Å². The number of carboxylic acids is 1. The van der Waals surface area contributed by atoms with E-state index in [-0.39, 0.29) is 11.5 Å². The number of nitrogens with one attached hydrogen (secondary N) is 1. The second-order valence-electron chi connectivity index (χ2n) is 5.84. The first-order valence-electron chi connectivity index (χ1n) is 8.09. The summed E-state index contributed by atoms with van der Waals surface area (Å²) in [6, 6.07) is 10.3. The van der Waals surface area contributed by atoms with Gasteiger partial charge in [0, 0.05) is 35.9 Å². The van der Waals surface area contributed by atoms with Crippen molar-refractivity contribution in [2.75, 3.05) is 0 Å². The minimum atomic E-state index is -0.972. The van der Waals surface area contributed by atoms with Crippen LogP contribution in [0.5, 0.6) is 0 Å². The Bertz CT molecular complexity index is 1220. The number of carbonyl (C=O) groups is 2. The first kappa shape index (κ1) is 16.9. The summed E-state index contributed by atoms with van der Waals surface area (Å²) in [6.07, 6.45) is 5.08. The number of fused-ring (bicyclic) bond motifs is 1. The van der Waals surface area contributed by atoms with Gasteiger partial charge in [-0.1, -0.05) is 12.1 Å². The number of pyridine rings is 1. The molecule has 0 aliphatic rings. The maximum absolute atomic E-state index is 12.6. The van der Waals surface area contributed by atoms with E-state index in [1.165, 1.54) is 11.3 Å². The van der Waals surface area contributed by atoms with Gasteiger partial charge in [-0.25, -0.2) is 9.78 Å². The number of thiazole rings is 1. The standard InChI is InChI=1S/C19H14N4O3S/c24-17(15-10-21-16-14(15)5-2-6-20-16)22-19-23(7-8-27-19)11-12-3-1-4-13(9-12)18(25)26/h1-10H,11H2,(H,20,21)(H,25,26). The maximum Gasteiger partial charge on any atom is 0.335 e. The predicted octanol–water partition coefficient (Wildman–Crippen LogP) is 2.91. The van der Waals surface area contributed by atoms with E-state index in [9.17, 15) is 9.59 Å². The van der Waals surface area contributed by atoms with Crippen LogP contribution in [-0.2, 0) is 6.54 Å². The Kier molecular flexibility index (Phi) is 4.39. The van der Waals surface area contributed by atoms with Crippen LogP contribution in [-0.4, -0.2) is 31.5 Å². The van der Waals surface area contributed by atoms with Crippen molar-refractivity contribution in [2.24, 2.45) is 4.99 Å². The number of benzene rings is 1. The molecule has 3 aromatic heterocycles. The van der Waals surface area contributed by atoms with E-state index >= 15 is 0 Å². The summed E-state index contributed by atoms with van der Waals surface area (Å²) >= 11 is 1.34. The summed E-state index contributed by atoms with van der Waals surface area (Å²) in [5.74, 6) is -1.33. The van der Waals surface area contributed by atoms with Gasteiger partial charge in [-0.2, -0.15) is 4.99 Å². The number of carbonyl (C=O) groups excluding carboxylic acids is 1. The third-order valence-electron chi connectivity index (χ3n) is 4.07. The molecule has 0 radical (unpaired) electrons. The van der Waals surface area contributed by atoms with Crippen LogP contribution in [0, 0.1) is 0 Å². The highest BCUT2D eigenvalue weighted by molar-refractivity contribution is 7.07. The maximum atomic E-state index is 12.6. The first-order valence-corrected chi connectivity index (χ1v) is 8.97. The molecule has 0 unspecified atom stereocenters. The number of aromatic nitrogens is 3. The van der Waals surface area contributed by atoms with Crippen molar-refractivity contribution in [3.05, 3.63) is 81.9 Å². The Morgan fingerprint density at radius 2 is 2.15 bits per heavy atom. The SMILES string of the molecule is O=C(O)c1cccc(Cn2ccsc2=NC(=O)c2c[nH]c3ncccc23)c1. The molecule has 0 spiro atoms. The number of rotatable bonds is 4. The quantitative estimate of drug-likeness (QED) is 0.570. The predicted molar refractivity (Wildman–Crippen MR) is 101 cm³/mol. The lowest BCUT2D eigenvalue weighted by molar-refractivity contribution is 0.0696. The highest BCUT2D eigenvalue weighted by atomic mass is 32.1. The van der Waals surface area contributed by atoms with Gasteiger partial charge in [0.2, 0.25) is 0 Å². The molecule has 0 aliphatic heterocycles. The molecular weight excluding hydrogens is 364 g/mol. The lowest BCUT2D eigenvalue weighted by atomic mass is 10.1. The summed E-state index contributed by atoms with van der Waals surface area (Å²) in [4.78, 5) is 35.7. The molecular formula is C19H14N4O3S. The van der Waals surface area contributed by atoms with Gasteiger partial charge in [-0.15, -0.1) is 11.3 Å². The molecule has 0 aliphatic carbocycles. The third-order valence-corrected chi connectivity index (χ3v) is 4.86. The molecule has 7 nitrogen and oxygen atoms in total. The second-order valence-corrected chi connectivity index (χ2v) is 6.71. The zero-order valence-electron chi connectivity index (χ0n) is 14.0. The summed E-state index contributed by atoms with van der Waals surface area (Å²) < 4.78 is 1.82. The molecule has 0 saturated carbocycles. The normalized spacial score (nSPS) is 11.8.